The van der Waals surface area contributed by atoms with Crippen LogP contribution in [0.4, 0.5) is 19.3 Å². The number of aryl methyl sites for hydroxylation is 1. The molecule has 0 saturated carbocycles. The number of nitrogens with zero attached hydrogens (tertiary/aromatic N) is 2. The fourth-order valence-electron chi connectivity index (χ4n) is 5.79. The summed E-state index contributed by atoms with van der Waals surface area (Å²) in [5.74, 6) is -0.515. The standard InChI is InChI=1S/C30H33F2N2O2/c1-22-5-4-6-23(19-22)13-16-34-17-14-25(15-18-34)29(21-34)36-30(35)33(28-8-3-2-7-27(28)32)20-24-9-11-26(31)12-10-24/h2-12,19,25,29H,13-18,20-21H2,1H3/q+1/t25?,29-,34?/m0/s1. The van der Waals surface area contributed by atoms with Crippen LogP contribution < -0.4 is 4.90 Å². The van der Waals surface area contributed by atoms with E-state index in [9.17, 15) is 13.6 Å². The third kappa shape index (κ3) is 5.44. The monoisotopic (exact) mass is 491 g/mol. The van der Waals surface area contributed by atoms with E-state index >= 15 is 0 Å². The van der Waals surface area contributed by atoms with Gasteiger partial charge in [-0.3, -0.25) is 4.90 Å². The number of piperidine rings is 3. The van der Waals surface area contributed by atoms with E-state index in [4.69, 9.17) is 4.74 Å². The Hall–Kier alpha value is -3.25. The molecule has 3 aromatic rings. The molecule has 3 heterocycles. The Balaban J connectivity index is 1.31. The van der Waals surface area contributed by atoms with Crippen molar-refractivity contribution in [1.29, 1.82) is 0 Å². The third-order valence-corrected chi connectivity index (χ3v) is 7.87. The van der Waals surface area contributed by atoms with Gasteiger partial charge in [0.1, 0.15) is 18.2 Å². The van der Waals surface area contributed by atoms with Crippen LogP contribution in [-0.2, 0) is 17.7 Å². The molecule has 0 unspecified atom stereocenters. The lowest BCUT2D eigenvalue weighted by Gasteiger charge is -2.52. The second-order valence-electron chi connectivity index (χ2n) is 10.4. The molecule has 6 rings (SSSR count). The van der Waals surface area contributed by atoms with Crippen molar-refractivity contribution in [2.45, 2.75) is 38.8 Å². The molecule has 36 heavy (non-hydrogen) atoms. The van der Waals surface area contributed by atoms with Gasteiger partial charge in [0, 0.05) is 25.2 Å². The van der Waals surface area contributed by atoms with Crippen molar-refractivity contribution in [3.8, 4) is 0 Å². The summed E-state index contributed by atoms with van der Waals surface area (Å²) >= 11 is 0. The molecular weight excluding hydrogens is 458 g/mol. The topological polar surface area (TPSA) is 29.5 Å². The number of carbonyl (C=O) groups excluding carboxylic acids is 1. The molecule has 0 radical (unpaired) electrons. The Morgan fingerprint density at radius 1 is 0.972 bits per heavy atom. The number of halogens is 2. The smallest absolute Gasteiger partial charge is 0.415 e. The van der Waals surface area contributed by atoms with Gasteiger partial charge in [-0.1, -0.05) is 54.1 Å². The lowest BCUT2D eigenvalue weighted by Crippen LogP contribution is -2.65. The zero-order chi connectivity index (χ0) is 25.1. The summed E-state index contributed by atoms with van der Waals surface area (Å²) in [5.41, 5.74) is 3.48. The van der Waals surface area contributed by atoms with Crippen LogP contribution in [0, 0.1) is 24.5 Å². The summed E-state index contributed by atoms with van der Waals surface area (Å²) in [5, 5.41) is 0. The van der Waals surface area contributed by atoms with E-state index in [2.05, 4.69) is 31.2 Å². The summed E-state index contributed by atoms with van der Waals surface area (Å²) in [7, 11) is 0. The van der Waals surface area contributed by atoms with Crippen molar-refractivity contribution in [3.63, 3.8) is 0 Å². The van der Waals surface area contributed by atoms with Gasteiger partial charge in [-0.2, -0.15) is 0 Å². The summed E-state index contributed by atoms with van der Waals surface area (Å²) in [6, 6.07) is 20.8. The Bertz CT molecular complexity index is 1210. The van der Waals surface area contributed by atoms with Crippen molar-refractivity contribution in [3.05, 3.63) is 101 Å². The molecule has 3 aromatic carbocycles. The highest BCUT2D eigenvalue weighted by molar-refractivity contribution is 5.87. The van der Waals surface area contributed by atoms with Crippen molar-refractivity contribution in [2.24, 2.45) is 5.92 Å². The van der Waals surface area contributed by atoms with Gasteiger partial charge in [-0.15, -0.1) is 0 Å². The van der Waals surface area contributed by atoms with Crippen molar-refractivity contribution >= 4 is 11.8 Å². The summed E-state index contributed by atoms with van der Waals surface area (Å²) in [6.07, 6.45) is 2.31. The molecule has 3 aliphatic heterocycles. The van der Waals surface area contributed by atoms with Gasteiger partial charge in [0.05, 0.1) is 31.9 Å². The molecule has 3 saturated heterocycles. The molecule has 0 aliphatic carbocycles. The molecule has 3 aliphatic rings. The van der Waals surface area contributed by atoms with Crippen LogP contribution in [0.5, 0.6) is 0 Å². The second kappa shape index (κ2) is 10.4. The summed E-state index contributed by atoms with van der Waals surface area (Å²) in [4.78, 5) is 14.8. The normalized spacial score (nSPS) is 22.9. The number of hydrogen-bond donors (Lipinski definition) is 0. The van der Waals surface area contributed by atoms with Gasteiger partial charge >= 0.3 is 6.09 Å². The molecule has 0 spiro atoms. The molecule has 2 bridgehead atoms. The Kier molecular flexibility index (Phi) is 7.06. The number of anilines is 1. The van der Waals surface area contributed by atoms with Crippen LogP contribution in [0.3, 0.4) is 0 Å². The first-order chi connectivity index (χ1) is 17.4. The predicted molar refractivity (Wildman–Crippen MR) is 137 cm³/mol. The van der Waals surface area contributed by atoms with E-state index in [0.717, 1.165) is 49.9 Å². The zero-order valence-electron chi connectivity index (χ0n) is 20.7. The number of rotatable bonds is 7. The molecule has 188 valence electrons. The molecule has 0 N–H and O–H groups in total. The predicted octanol–water partition coefficient (Wildman–Crippen LogP) is 6.27. The maximum Gasteiger partial charge on any atom is 0.415 e. The zero-order valence-corrected chi connectivity index (χ0v) is 20.7. The van der Waals surface area contributed by atoms with Crippen molar-refractivity contribution < 1.29 is 22.8 Å². The summed E-state index contributed by atoms with van der Waals surface area (Å²) in [6.45, 7) is 6.25. The highest BCUT2D eigenvalue weighted by Gasteiger charge is 2.47. The second-order valence-corrected chi connectivity index (χ2v) is 10.4. The van der Waals surface area contributed by atoms with Crippen LogP contribution >= 0.6 is 0 Å². The maximum absolute atomic E-state index is 14.7. The average Bonchev–Trinajstić information content (AvgIpc) is 2.88. The molecular formula is C30H33F2N2O2+. The van der Waals surface area contributed by atoms with E-state index < -0.39 is 11.9 Å². The largest absolute Gasteiger partial charge is 0.440 e. The number of fused-ring (bicyclic) bond motifs is 3. The lowest BCUT2D eigenvalue weighted by molar-refractivity contribution is -0.945. The minimum absolute atomic E-state index is 0.102. The van der Waals surface area contributed by atoms with Crippen LogP contribution in [-0.4, -0.2) is 42.9 Å². The van der Waals surface area contributed by atoms with Crippen LogP contribution in [0.1, 0.15) is 29.5 Å². The lowest BCUT2D eigenvalue weighted by atomic mass is 9.83. The SMILES string of the molecule is Cc1cccc(CC[N+]23CCC(CC2)[C@@H](OC(=O)N(Cc2ccc(F)cc2)c2ccccc2F)C3)c1. The number of ether oxygens (including phenoxy) is 1. The van der Waals surface area contributed by atoms with Crippen LogP contribution in [0.2, 0.25) is 0 Å². The fraction of sp³-hybridized carbons (Fsp3) is 0.367. The van der Waals surface area contributed by atoms with Crippen molar-refractivity contribution in [1.82, 2.24) is 0 Å². The van der Waals surface area contributed by atoms with E-state index in [0.29, 0.717) is 11.5 Å². The first kappa shape index (κ1) is 24.4. The number of benzene rings is 3. The minimum Gasteiger partial charge on any atom is -0.440 e. The quantitative estimate of drug-likeness (QED) is 0.365. The van der Waals surface area contributed by atoms with Gasteiger partial charge in [0.2, 0.25) is 0 Å². The Morgan fingerprint density at radius 3 is 2.44 bits per heavy atom. The van der Waals surface area contributed by atoms with E-state index in [-0.39, 0.29) is 24.2 Å². The average molecular weight is 492 g/mol. The number of quaternary nitrogens is 1. The van der Waals surface area contributed by atoms with Crippen LogP contribution in [0.15, 0.2) is 72.8 Å². The van der Waals surface area contributed by atoms with Gasteiger partial charge < -0.3 is 9.22 Å². The molecule has 6 heteroatoms. The number of hydrogen-bond acceptors (Lipinski definition) is 2. The van der Waals surface area contributed by atoms with E-state index in [1.54, 1.807) is 30.3 Å². The van der Waals surface area contributed by atoms with Gasteiger partial charge in [0.25, 0.3) is 0 Å². The molecule has 3 fully saturated rings. The summed E-state index contributed by atoms with van der Waals surface area (Å²) < 4.78 is 35.2. The number of para-hydroxylation sites is 1. The third-order valence-electron chi connectivity index (χ3n) is 7.87. The Morgan fingerprint density at radius 2 is 1.72 bits per heavy atom. The van der Waals surface area contributed by atoms with E-state index in [1.165, 1.54) is 34.2 Å². The number of carbonyl (C=O) groups is 1. The minimum atomic E-state index is -0.556. The van der Waals surface area contributed by atoms with Crippen LogP contribution in [0.25, 0.3) is 0 Å². The number of amides is 1. The molecule has 0 aromatic heterocycles. The van der Waals surface area contributed by atoms with Gasteiger partial charge in [-0.05, 0) is 42.3 Å². The van der Waals surface area contributed by atoms with Gasteiger partial charge in [0.15, 0.2) is 6.10 Å². The highest BCUT2D eigenvalue weighted by Crippen LogP contribution is 2.36. The maximum atomic E-state index is 14.7. The molecule has 1 atom stereocenters. The van der Waals surface area contributed by atoms with E-state index in [1.807, 2.05) is 0 Å². The van der Waals surface area contributed by atoms with Crippen molar-refractivity contribution in [2.75, 3.05) is 31.1 Å². The highest BCUT2D eigenvalue weighted by atomic mass is 19.1. The fourth-order valence-corrected chi connectivity index (χ4v) is 5.79. The molecule has 1 amide bonds. The van der Waals surface area contributed by atoms with Gasteiger partial charge in [-0.25, -0.2) is 13.6 Å². The first-order valence-electron chi connectivity index (χ1n) is 12.8. The first-order valence-corrected chi connectivity index (χ1v) is 12.8. The molecule has 4 nitrogen and oxygen atoms in total. The Labute approximate surface area is 211 Å².